The van der Waals surface area contributed by atoms with E-state index in [4.69, 9.17) is 15.9 Å². The lowest BCUT2D eigenvalue weighted by Crippen LogP contribution is -2.76. The number of aliphatic hydroxyl groups is 2. The molecule has 0 amide bonds. The molecule has 10 nitrogen and oxygen atoms in total. The number of hydrogen-bond acceptors (Lipinski definition) is 6. The van der Waals surface area contributed by atoms with E-state index in [0.717, 1.165) is 4.57 Å². The summed E-state index contributed by atoms with van der Waals surface area (Å²) in [4.78, 5) is 26.6. The normalized spacial score (nSPS) is 33.9. The molecule has 3 aliphatic heterocycles. The smallest absolute Gasteiger partial charge is 0.330 e. The fraction of sp³-hybridized carbons (Fsp3) is 0.545. The molecule has 3 fully saturated rings. The molecule has 0 spiro atoms. The van der Waals surface area contributed by atoms with Crippen LogP contribution in [0.2, 0.25) is 0 Å². The Balaban J connectivity index is 2.07. The van der Waals surface area contributed by atoms with E-state index in [0.29, 0.717) is 5.56 Å². The van der Waals surface area contributed by atoms with Gasteiger partial charge in [-0.3, -0.25) is 19.8 Å². The molecule has 0 aromatic carbocycles. The van der Waals surface area contributed by atoms with Crippen molar-refractivity contribution in [3.05, 3.63) is 32.6 Å². The summed E-state index contributed by atoms with van der Waals surface area (Å²) in [5.41, 5.74) is 2.99. The summed E-state index contributed by atoms with van der Waals surface area (Å²) in [5.74, 6) is -0.379. The number of nitrogens with one attached hydrogen (secondary N) is 2. The zero-order valence-electron chi connectivity index (χ0n) is 11.1. The topological polar surface area (TPSA) is 158 Å². The standard InChI is InChI=1S/C11H15N5O5/c1-4-2-15(10(20)14-7(4)19)8-5-6(18)11(3-17,21-8)16(5)9(12)13/h2,5-6,8,17-18H,3H2,1H3,(H3,12,13)(H,14,19,20)/t5?,6-,8+,11+/m0/s1. The lowest BCUT2D eigenvalue weighted by molar-refractivity contribution is -0.213. The Labute approximate surface area is 117 Å². The van der Waals surface area contributed by atoms with Crippen LogP contribution in [-0.2, 0) is 4.74 Å². The monoisotopic (exact) mass is 297 g/mol. The van der Waals surface area contributed by atoms with E-state index >= 15 is 0 Å². The van der Waals surface area contributed by atoms with Gasteiger partial charge < -0.3 is 25.6 Å². The zero-order valence-corrected chi connectivity index (χ0v) is 11.1. The third kappa shape index (κ3) is 1.54. The van der Waals surface area contributed by atoms with Crippen molar-refractivity contribution in [1.82, 2.24) is 14.5 Å². The number of hydrogen-bond donors (Lipinski definition) is 5. The average molecular weight is 297 g/mol. The number of guanidine groups is 1. The van der Waals surface area contributed by atoms with E-state index in [1.165, 1.54) is 18.0 Å². The van der Waals surface area contributed by atoms with Crippen molar-refractivity contribution in [3.63, 3.8) is 0 Å². The molecule has 2 bridgehead atoms. The van der Waals surface area contributed by atoms with Gasteiger partial charge in [-0.15, -0.1) is 0 Å². The fourth-order valence-corrected chi connectivity index (χ4v) is 2.98. The second-order valence-electron chi connectivity index (χ2n) is 5.18. The molecule has 3 aliphatic rings. The van der Waals surface area contributed by atoms with Crippen molar-refractivity contribution in [3.8, 4) is 0 Å². The molecule has 1 aromatic heterocycles. The Bertz CT molecular complexity index is 726. The minimum atomic E-state index is -1.52. The van der Waals surface area contributed by atoms with Crippen molar-refractivity contribution in [2.75, 3.05) is 6.61 Å². The summed E-state index contributed by atoms with van der Waals surface area (Å²) in [6.07, 6.45) is -0.752. The van der Waals surface area contributed by atoms with E-state index < -0.39 is 42.0 Å². The maximum atomic E-state index is 11.9. The predicted molar refractivity (Wildman–Crippen MR) is 69.5 cm³/mol. The predicted octanol–water partition coefficient (Wildman–Crippen LogP) is -3.00. The number of ether oxygens (including phenoxy) is 1. The molecular formula is C11H15N5O5. The molecule has 6 N–H and O–H groups in total. The fourth-order valence-electron chi connectivity index (χ4n) is 2.98. The van der Waals surface area contributed by atoms with E-state index in [1.54, 1.807) is 0 Å². The zero-order chi connectivity index (χ0) is 15.5. The van der Waals surface area contributed by atoms with Crippen LogP contribution in [0.15, 0.2) is 15.8 Å². The molecule has 21 heavy (non-hydrogen) atoms. The van der Waals surface area contributed by atoms with Gasteiger partial charge in [-0.2, -0.15) is 0 Å². The van der Waals surface area contributed by atoms with Crippen molar-refractivity contribution in [2.45, 2.75) is 31.0 Å². The van der Waals surface area contributed by atoms with E-state index in [-0.39, 0.29) is 5.96 Å². The average Bonchev–Trinajstić information content (AvgIpc) is 2.92. The minimum Gasteiger partial charge on any atom is -0.391 e. The first kappa shape index (κ1) is 13.8. The van der Waals surface area contributed by atoms with Gasteiger partial charge in [-0.25, -0.2) is 4.79 Å². The van der Waals surface area contributed by atoms with Crippen LogP contribution in [0.4, 0.5) is 0 Å². The molecular weight excluding hydrogens is 282 g/mol. The first-order valence-electron chi connectivity index (χ1n) is 6.25. The van der Waals surface area contributed by atoms with Gasteiger partial charge in [-0.1, -0.05) is 0 Å². The van der Waals surface area contributed by atoms with Crippen LogP contribution in [0.5, 0.6) is 0 Å². The number of aryl methyl sites for hydroxylation is 1. The first-order valence-corrected chi connectivity index (χ1v) is 6.25. The molecule has 4 rings (SSSR count). The quantitative estimate of drug-likeness (QED) is 0.287. The number of rotatable bonds is 2. The van der Waals surface area contributed by atoms with Crippen molar-refractivity contribution >= 4 is 5.96 Å². The van der Waals surface area contributed by atoms with Gasteiger partial charge in [-0.05, 0) is 6.92 Å². The summed E-state index contributed by atoms with van der Waals surface area (Å²) in [7, 11) is 0. The highest BCUT2D eigenvalue weighted by molar-refractivity contribution is 5.78. The van der Waals surface area contributed by atoms with Crippen molar-refractivity contribution in [2.24, 2.45) is 5.73 Å². The number of nitrogens with zero attached hydrogens (tertiary/aromatic N) is 2. The van der Waals surface area contributed by atoms with Gasteiger partial charge in [0.25, 0.3) is 5.56 Å². The maximum Gasteiger partial charge on any atom is 0.330 e. The highest BCUT2D eigenvalue weighted by Gasteiger charge is 2.72. The Hall–Kier alpha value is -2.17. The van der Waals surface area contributed by atoms with Crippen molar-refractivity contribution < 1.29 is 14.9 Å². The third-order valence-corrected chi connectivity index (χ3v) is 4.01. The largest absolute Gasteiger partial charge is 0.391 e. The molecule has 4 atom stereocenters. The molecule has 0 radical (unpaired) electrons. The van der Waals surface area contributed by atoms with Crippen LogP contribution in [0.25, 0.3) is 0 Å². The van der Waals surface area contributed by atoms with E-state index in [9.17, 15) is 19.8 Å². The van der Waals surface area contributed by atoms with E-state index in [2.05, 4.69) is 4.98 Å². The van der Waals surface area contributed by atoms with Crippen LogP contribution in [0.1, 0.15) is 11.8 Å². The minimum absolute atomic E-state index is 0.296. The van der Waals surface area contributed by atoms with Gasteiger partial charge in [0.1, 0.15) is 12.1 Å². The molecule has 0 aliphatic carbocycles. The van der Waals surface area contributed by atoms with E-state index in [1.807, 2.05) is 0 Å². The number of aromatic amines is 1. The molecule has 3 saturated heterocycles. The van der Waals surface area contributed by atoms with Gasteiger partial charge >= 0.3 is 5.69 Å². The highest BCUT2D eigenvalue weighted by Crippen LogP contribution is 2.52. The molecule has 10 heteroatoms. The van der Waals surface area contributed by atoms with Crippen LogP contribution in [0.3, 0.4) is 0 Å². The van der Waals surface area contributed by atoms with Crippen LogP contribution in [0, 0.1) is 12.3 Å². The van der Waals surface area contributed by atoms with Gasteiger partial charge in [0.2, 0.25) is 0 Å². The lowest BCUT2D eigenvalue weighted by atomic mass is 9.88. The third-order valence-electron chi connectivity index (χ3n) is 4.01. The second-order valence-corrected chi connectivity index (χ2v) is 5.18. The number of aliphatic hydroxyl groups excluding tert-OH is 2. The van der Waals surface area contributed by atoms with Gasteiger partial charge in [0.05, 0.1) is 6.61 Å². The van der Waals surface area contributed by atoms with Crippen LogP contribution >= 0.6 is 0 Å². The second kappa shape index (κ2) is 4.16. The molecule has 4 heterocycles. The number of H-pyrrole nitrogens is 1. The van der Waals surface area contributed by atoms with Crippen LogP contribution < -0.4 is 17.0 Å². The van der Waals surface area contributed by atoms with Crippen molar-refractivity contribution in [1.29, 1.82) is 5.41 Å². The number of fused-ring (bicyclic) bond motifs is 1. The summed E-state index contributed by atoms with van der Waals surface area (Å²) >= 11 is 0. The highest BCUT2D eigenvalue weighted by atomic mass is 16.6. The summed E-state index contributed by atoms with van der Waals surface area (Å²) in [6, 6.07) is -0.780. The Kier molecular flexibility index (Phi) is 2.74. The summed E-state index contributed by atoms with van der Waals surface area (Å²) in [6.45, 7) is 0.937. The molecule has 0 saturated carbocycles. The lowest BCUT2D eigenvalue weighted by Gasteiger charge is -2.51. The SMILES string of the molecule is Cc1cn([C@@H]2O[C@]3(CO)[C@@H](O)C2N3C(=N)N)c(=O)[nH]c1=O. The maximum absolute atomic E-state index is 11.9. The number of aromatic nitrogens is 2. The summed E-state index contributed by atoms with van der Waals surface area (Å²) < 4.78 is 6.68. The Morgan fingerprint density at radius 3 is 2.81 bits per heavy atom. The van der Waals surface area contributed by atoms with Gasteiger partial charge in [0.15, 0.2) is 17.9 Å². The molecule has 1 aromatic rings. The summed E-state index contributed by atoms with van der Waals surface area (Å²) in [5, 5.41) is 27.1. The molecule has 1 unspecified atom stereocenters. The number of nitrogens with two attached hydrogens (primary N) is 1. The van der Waals surface area contributed by atoms with Crippen LogP contribution in [-0.4, -0.2) is 55.1 Å². The molecule has 114 valence electrons. The Morgan fingerprint density at radius 2 is 2.29 bits per heavy atom. The first-order chi connectivity index (χ1) is 9.83. The van der Waals surface area contributed by atoms with Gasteiger partial charge in [0, 0.05) is 11.8 Å². The Morgan fingerprint density at radius 1 is 1.62 bits per heavy atom.